The number of halogens is 2. The molecule has 0 aliphatic rings. The van der Waals surface area contributed by atoms with Gasteiger partial charge < -0.3 is 0 Å². The largest absolute Gasteiger partial charge is 0.271 e. The van der Waals surface area contributed by atoms with E-state index in [-0.39, 0.29) is 11.1 Å². The van der Waals surface area contributed by atoms with Gasteiger partial charge in [0.25, 0.3) is 0 Å². The fraction of sp³-hybridized carbons (Fsp3) is 0.167. The minimum Gasteiger partial charge on any atom is -0.271 e. The summed E-state index contributed by atoms with van der Waals surface area (Å²) in [5, 5.41) is 0.117. The van der Waals surface area contributed by atoms with Crippen LogP contribution in [-0.2, 0) is 6.42 Å². The Kier molecular flexibility index (Phi) is 4.19. The van der Waals surface area contributed by atoms with Crippen LogP contribution in [0.4, 0.5) is 4.39 Å². The number of aromatic nitrogens is 2. The van der Waals surface area contributed by atoms with Crippen LogP contribution in [0.25, 0.3) is 0 Å². The van der Waals surface area contributed by atoms with Crippen LogP contribution in [0.15, 0.2) is 36.8 Å². The molecule has 0 spiro atoms. The van der Waals surface area contributed by atoms with E-state index in [1.165, 1.54) is 12.4 Å². The molecule has 0 aliphatic carbocycles. The molecule has 6 heteroatoms. The van der Waals surface area contributed by atoms with Crippen LogP contribution in [0.2, 0.25) is 5.02 Å². The number of rotatable bonds is 4. The lowest BCUT2D eigenvalue weighted by molar-refractivity contribution is 0.534. The molecule has 0 bridgehead atoms. The number of nitrogens with zero attached hydrogens (tertiary/aromatic N) is 2. The summed E-state index contributed by atoms with van der Waals surface area (Å²) in [6.07, 6.45) is 3.51. The molecule has 1 heterocycles. The summed E-state index contributed by atoms with van der Waals surface area (Å²) in [5.41, 5.74) is 4.05. The molecule has 0 saturated carbocycles. The summed E-state index contributed by atoms with van der Waals surface area (Å²) >= 11 is 5.91. The number of hydrogen-bond acceptors (Lipinski definition) is 4. The summed E-state index contributed by atoms with van der Waals surface area (Å²) in [6, 6.07) is 6.20. The third kappa shape index (κ3) is 2.81. The lowest BCUT2D eigenvalue weighted by atomic mass is 10.0. The van der Waals surface area contributed by atoms with Gasteiger partial charge in [0.15, 0.2) is 0 Å². The minimum atomic E-state index is -0.437. The van der Waals surface area contributed by atoms with E-state index in [0.29, 0.717) is 12.0 Å². The molecule has 3 N–H and O–H groups in total. The van der Waals surface area contributed by atoms with Gasteiger partial charge in [0.2, 0.25) is 0 Å². The normalized spacial score (nSPS) is 12.4. The second kappa shape index (κ2) is 5.86. The van der Waals surface area contributed by atoms with Crippen molar-refractivity contribution in [2.75, 3.05) is 0 Å². The number of nitrogens with one attached hydrogen (secondary N) is 1. The van der Waals surface area contributed by atoms with E-state index in [4.69, 9.17) is 17.4 Å². The highest BCUT2D eigenvalue weighted by molar-refractivity contribution is 6.31. The van der Waals surface area contributed by atoms with E-state index in [2.05, 4.69) is 15.4 Å². The predicted octanol–water partition coefficient (Wildman–Crippen LogP) is 2.02. The van der Waals surface area contributed by atoms with Gasteiger partial charge in [-0.2, -0.15) is 0 Å². The van der Waals surface area contributed by atoms with E-state index < -0.39 is 5.82 Å². The van der Waals surface area contributed by atoms with Gasteiger partial charge >= 0.3 is 0 Å². The summed E-state index contributed by atoms with van der Waals surface area (Å²) in [6.45, 7) is 0. The summed E-state index contributed by atoms with van der Waals surface area (Å²) in [5.74, 6) is 5.06. The Hall–Kier alpha value is -1.56. The van der Waals surface area contributed by atoms with Crippen molar-refractivity contribution in [3.63, 3.8) is 0 Å². The molecular weight excluding hydrogens is 255 g/mol. The fourth-order valence-electron chi connectivity index (χ4n) is 1.68. The van der Waals surface area contributed by atoms with Crippen LogP contribution < -0.4 is 11.3 Å². The first kappa shape index (κ1) is 12.9. The Labute approximate surface area is 109 Å². The molecule has 1 atom stereocenters. The second-order valence-electron chi connectivity index (χ2n) is 3.77. The highest BCUT2D eigenvalue weighted by atomic mass is 35.5. The van der Waals surface area contributed by atoms with Gasteiger partial charge in [0.05, 0.1) is 16.8 Å². The number of hydrazine groups is 1. The van der Waals surface area contributed by atoms with E-state index >= 15 is 0 Å². The quantitative estimate of drug-likeness (QED) is 0.656. The van der Waals surface area contributed by atoms with Crippen molar-refractivity contribution in [3.8, 4) is 0 Å². The summed E-state index contributed by atoms with van der Waals surface area (Å²) < 4.78 is 13.3. The van der Waals surface area contributed by atoms with Crippen molar-refractivity contribution >= 4 is 11.6 Å². The number of hydrogen-bond donors (Lipinski definition) is 2. The topological polar surface area (TPSA) is 63.8 Å². The third-order valence-corrected chi connectivity index (χ3v) is 3.04. The summed E-state index contributed by atoms with van der Waals surface area (Å²) in [7, 11) is 0. The molecule has 0 aliphatic heterocycles. The Morgan fingerprint density at radius 3 is 2.89 bits per heavy atom. The van der Waals surface area contributed by atoms with Gasteiger partial charge in [-0.3, -0.25) is 11.3 Å². The molecular formula is C12H12ClFN4. The molecule has 1 unspecified atom stereocenters. The first-order valence-corrected chi connectivity index (χ1v) is 5.75. The number of benzene rings is 1. The van der Waals surface area contributed by atoms with Gasteiger partial charge in [-0.15, -0.1) is 0 Å². The third-order valence-electron chi connectivity index (χ3n) is 2.62. The first-order valence-electron chi connectivity index (χ1n) is 5.37. The van der Waals surface area contributed by atoms with Crippen LogP contribution in [0.1, 0.15) is 17.3 Å². The smallest absolute Gasteiger partial charge is 0.142 e. The van der Waals surface area contributed by atoms with Crippen molar-refractivity contribution in [1.82, 2.24) is 15.4 Å². The van der Waals surface area contributed by atoms with E-state index in [1.807, 2.05) is 0 Å². The molecule has 4 nitrogen and oxygen atoms in total. The monoisotopic (exact) mass is 266 g/mol. The van der Waals surface area contributed by atoms with E-state index in [1.54, 1.807) is 24.4 Å². The zero-order valence-corrected chi connectivity index (χ0v) is 10.2. The maximum Gasteiger partial charge on any atom is 0.142 e. The van der Waals surface area contributed by atoms with Crippen LogP contribution in [0.5, 0.6) is 0 Å². The van der Waals surface area contributed by atoms with Crippen LogP contribution in [-0.4, -0.2) is 9.97 Å². The molecule has 0 amide bonds. The van der Waals surface area contributed by atoms with Crippen molar-refractivity contribution in [2.24, 2.45) is 5.84 Å². The Balaban J connectivity index is 2.24. The Morgan fingerprint density at radius 1 is 1.39 bits per heavy atom. The van der Waals surface area contributed by atoms with E-state index in [0.717, 1.165) is 5.69 Å². The minimum absolute atomic E-state index is 0.117. The molecule has 0 saturated heterocycles. The predicted molar refractivity (Wildman–Crippen MR) is 67.2 cm³/mol. The lowest BCUT2D eigenvalue weighted by Gasteiger charge is -2.16. The van der Waals surface area contributed by atoms with Crippen molar-refractivity contribution < 1.29 is 4.39 Å². The lowest BCUT2D eigenvalue weighted by Crippen LogP contribution is -2.30. The zero-order chi connectivity index (χ0) is 13.0. The van der Waals surface area contributed by atoms with Crippen LogP contribution in [0.3, 0.4) is 0 Å². The van der Waals surface area contributed by atoms with Crippen LogP contribution in [0, 0.1) is 5.82 Å². The van der Waals surface area contributed by atoms with Crippen molar-refractivity contribution in [3.05, 3.63) is 58.9 Å². The van der Waals surface area contributed by atoms with Crippen LogP contribution >= 0.6 is 11.6 Å². The SMILES string of the molecule is NNC(Cc1cccc(F)c1Cl)c1ccncn1. The van der Waals surface area contributed by atoms with E-state index in [9.17, 15) is 4.39 Å². The second-order valence-corrected chi connectivity index (χ2v) is 4.15. The fourth-order valence-corrected chi connectivity index (χ4v) is 1.89. The highest BCUT2D eigenvalue weighted by Crippen LogP contribution is 2.24. The maximum atomic E-state index is 13.3. The molecule has 0 radical (unpaired) electrons. The summed E-state index contributed by atoms with van der Waals surface area (Å²) in [4.78, 5) is 7.94. The van der Waals surface area contributed by atoms with Crippen molar-refractivity contribution in [1.29, 1.82) is 0 Å². The average Bonchev–Trinajstić information content (AvgIpc) is 2.41. The average molecular weight is 267 g/mol. The standard InChI is InChI=1S/C12H12ClFN4/c13-12-8(2-1-3-9(12)14)6-11(18-15)10-4-5-16-7-17-10/h1-5,7,11,18H,6,15H2. The molecule has 2 aromatic rings. The highest BCUT2D eigenvalue weighted by Gasteiger charge is 2.15. The molecule has 1 aromatic carbocycles. The number of nitrogens with two attached hydrogens (primary N) is 1. The Bertz CT molecular complexity index is 521. The molecule has 94 valence electrons. The molecule has 1 aromatic heterocycles. The molecule has 0 fully saturated rings. The van der Waals surface area contributed by atoms with Crippen molar-refractivity contribution in [2.45, 2.75) is 12.5 Å². The van der Waals surface area contributed by atoms with Gasteiger partial charge in [0, 0.05) is 6.20 Å². The van der Waals surface area contributed by atoms with Gasteiger partial charge in [-0.1, -0.05) is 23.7 Å². The van der Waals surface area contributed by atoms with Gasteiger partial charge in [-0.25, -0.2) is 14.4 Å². The first-order chi connectivity index (χ1) is 8.72. The molecule has 18 heavy (non-hydrogen) atoms. The van der Waals surface area contributed by atoms with Gasteiger partial charge in [-0.05, 0) is 24.1 Å². The molecule has 2 rings (SSSR count). The zero-order valence-electron chi connectivity index (χ0n) is 9.48. The van der Waals surface area contributed by atoms with Gasteiger partial charge in [0.1, 0.15) is 12.1 Å². The maximum absolute atomic E-state index is 13.3. The Morgan fingerprint density at radius 2 is 2.22 bits per heavy atom.